The van der Waals surface area contributed by atoms with Crippen LogP contribution in [0.5, 0.6) is 5.75 Å². The largest absolute Gasteiger partial charge is 0.491 e. The highest BCUT2D eigenvalue weighted by atomic mass is 16.5. The van der Waals surface area contributed by atoms with Crippen LogP contribution in [0.1, 0.15) is 48.1 Å². The number of aryl methyl sites for hydroxylation is 2. The van der Waals surface area contributed by atoms with Crippen LogP contribution in [0.2, 0.25) is 0 Å². The van der Waals surface area contributed by atoms with Crippen molar-refractivity contribution in [1.29, 1.82) is 0 Å². The smallest absolute Gasteiger partial charge is 0.123 e. The van der Waals surface area contributed by atoms with Crippen molar-refractivity contribution in [3.63, 3.8) is 0 Å². The summed E-state index contributed by atoms with van der Waals surface area (Å²) in [5.74, 6) is 1.39. The summed E-state index contributed by atoms with van der Waals surface area (Å²) >= 11 is 0. The van der Waals surface area contributed by atoms with Crippen LogP contribution in [-0.2, 0) is 0 Å². The second kappa shape index (κ2) is 6.77. The van der Waals surface area contributed by atoms with E-state index in [1.165, 1.54) is 16.7 Å². The van der Waals surface area contributed by atoms with E-state index in [1.807, 2.05) is 12.1 Å². The number of hydrogen-bond acceptors (Lipinski definition) is 2. The predicted molar refractivity (Wildman–Crippen MR) is 88.9 cm³/mol. The van der Waals surface area contributed by atoms with E-state index in [0.29, 0.717) is 12.5 Å². The van der Waals surface area contributed by atoms with Gasteiger partial charge in [0, 0.05) is 0 Å². The highest BCUT2D eigenvalue weighted by molar-refractivity contribution is 5.39. The Labute approximate surface area is 127 Å². The summed E-state index contributed by atoms with van der Waals surface area (Å²) in [4.78, 5) is 0. The average molecular weight is 283 g/mol. The normalized spacial score (nSPS) is 12.5. The number of benzene rings is 2. The van der Waals surface area contributed by atoms with Crippen LogP contribution in [0.15, 0.2) is 42.5 Å². The first-order valence-corrected chi connectivity index (χ1v) is 7.53. The third-order valence-electron chi connectivity index (χ3n) is 3.80. The van der Waals surface area contributed by atoms with E-state index in [4.69, 9.17) is 10.5 Å². The molecule has 0 saturated carbocycles. The van der Waals surface area contributed by atoms with Gasteiger partial charge in [-0.2, -0.15) is 0 Å². The van der Waals surface area contributed by atoms with Crippen molar-refractivity contribution in [1.82, 2.24) is 0 Å². The van der Waals surface area contributed by atoms with Crippen molar-refractivity contribution in [2.24, 2.45) is 5.73 Å². The molecule has 21 heavy (non-hydrogen) atoms. The summed E-state index contributed by atoms with van der Waals surface area (Å²) in [5.41, 5.74) is 11.1. The first-order valence-electron chi connectivity index (χ1n) is 7.53. The second-order valence-electron chi connectivity index (χ2n) is 5.97. The van der Waals surface area contributed by atoms with Gasteiger partial charge in [0.15, 0.2) is 0 Å². The topological polar surface area (TPSA) is 35.2 Å². The Hall–Kier alpha value is -1.80. The summed E-state index contributed by atoms with van der Waals surface area (Å²) in [7, 11) is 0. The van der Waals surface area contributed by atoms with Crippen LogP contribution in [0, 0.1) is 13.8 Å². The molecule has 0 amide bonds. The highest BCUT2D eigenvalue weighted by Crippen LogP contribution is 2.28. The summed E-state index contributed by atoms with van der Waals surface area (Å²) in [6.45, 7) is 9.02. The van der Waals surface area contributed by atoms with Gasteiger partial charge in [0.05, 0.1) is 6.04 Å². The molecule has 0 aliphatic carbocycles. The zero-order valence-corrected chi connectivity index (χ0v) is 13.4. The number of ether oxygens (including phenoxy) is 1. The molecule has 0 aromatic heterocycles. The van der Waals surface area contributed by atoms with Gasteiger partial charge in [-0.3, -0.25) is 0 Å². The lowest BCUT2D eigenvalue weighted by atomic mass is 10.0. The van der Waals surface area contributed by atoms with E-state index < -0.39 is 0 Å². The Morgan fingerprint density at radius 3 is 2.38 bits per heavy atom. The molecule has 1 atom stereocenters. The minimum absolute atomic E-state index is 0.105. The molecule has 0 radical (unpaired) electrons. The van der Waals surface area contributed by atoms with E-state index in [-0.39, 0.29) is 6.04 Å². The molecule has 0 heterocycles. The lowest BCUT2D eigenvalue weighted by molar-refractivity contribution is 0.286. The van der Waals surface area contributed by atoms with E-state index in [2.05, 4.69) is 58.0 Å². The highest BCUT2D eigenvalue weighted by Gasteiger charge is 2.12. The first kappa shape index (κ1) is 15.6. The van der Waals surface area contributed by atoms with E-state index >= 15 is 0 Å². The molecule has 2 aromatic carbocycles. The third kappa shape index (κ3) is 3.85. The van der Waals surface area contributed by atoms with Gasteiger partial charge in [0.25, 0.3) is 0 Å². The maximum atomic E-state index is 6.28. The lowest BCUT2D eigenvalue weighted by Gasteiger charge is -2.19. The summed E-state index contributed by atoms with van der Waals surface area (Å²) < 4.78 is 6.03. The Bertz CT molecular complexity index is 604. The fraction of sp³-hybridized carbons (Fsp3) is 0.368. The van der Waals surface area contributed by atoms with Crippen molar-refractivity contribution in [3.05, 3.63) is 64.7 Å². The third-order valence-corrected chi connectivity index (χ3v) is 3.80. The van der Waals surface area contributed by atoms with Crippen molar-refractivity contribution in [2.75, 3.05) is 6.61 Å². The Kier molecular flexibility index (Phi) is 5.03. The van der Waals surface area contributed by atoms with Crippen LogP contribution in [0.3, 0.4) is 0 Å². The molecule has 1 unspecified atom stereocenters. The maximum absolute atomic E-state index is 6.28. The molecule has 0 bridgehead atoms. The van der Waals surface area contributed by atoms with Crippen LogP contribution in [0.4, 0.5) is 0 Å². The van der Waals surface area contributed by atoms with Gasteiger partial charge in [0.2, 0.25) is 0 Å². The monoisotopic (exact) mass is 283 g/mol. The van der Waals surface area contributed by atoms with Gasteiger partial charge in [-0.15, -0.1) is 0 Å². The van der Waals surface area contributed by atoms with Gasteiger partial charge in [-0.05, 0) is 48.1 Å². The molecule has 0 spiro atoms. The molecular formula is C19H25NO. The van der Waals surface area contributed by atoms with Crippen molar-refractivity contribution >= 4 is 0 Å². The minimum atomic E-state index is -0.105. The Balaban J connectivity index is 2.13. The van der Waals surface area contributed by atoms with Gasteiger partial charge in [-0.25, -0.2) is 0 Å². The van der Waals surface area contributed by atoms with E-state index in [0.717, 1.165) is 11.3 Å². The lowest BCUT2D eigenvalue weighted by Crippen LogP contribution is -2.20. The second-order valence-corrected chi connectivity index (χ2v) is 5.97. The van der Waals surface area contributed by atoms with Crippen LogP contribution < -0.4 is 10.5 Å². The van der Waals surface area contributed by atoms with Crippen LogP contribution >= 0.6 is 0 Å². The van der Waals surface area contributed by atoms with Gasteiger partial charge >= 0.3 is 0 Å². The van der Waals surface area contributed by atoms with Crippen molar-refractivity contribution in [2.45, 2.75) is 39.7 Å². The predicted octanol–water partition coefficient (Wildman–Crippen LogP) is 4.51. The standard InChI is InChI=1S/C19H25NO/c1-13(2)16-10-9-14(3)11-19(16)21-12-18(20)17-8-6-5-7-15(17)4/h5-11,13,18H,12,20H2,1-4H3. The van der Waals surface area contributed by atoms with E-state index in [9.17, 15) is 0 Å². The molecule has 2 N–H and O–H groups in total. The van der Waals surface area contributed by atoms with Crippen LogP contribution in [0.25, 0.3) is 0 Å². The molecule has 0 aliphatic heterocycles. The number of nitrogens with two attached hydrogens (primary N) is 1. The van der Waals surface area contributed by atoms with Crippen LogP contribution in [-0.4, -0.2) is 6.61 Å². The summed E-state index contributed by atoms with van der Waals surface area (Å²) in [6, 6.07) is 14.5. The first-order chi connectivity index (χ1) is 9.99. The zero-order chi connectivity index (χ0) is 15.4. The SMILES string of the molecule is Cc1ccc(C(C)C)c(OCC(N)c2ccccc2C)c1. The molecule has 0 fully saturated rings. The fourth-order valence-corrected chi connectivity index (χ4v) is 2.52. The fourth-order valence-electron chi connectivity index (χ4n) is 2.52. The molecule has 2 heteroatoms. The van der Waals surface area contributed by atoms with Crippen molar-refractivity contribution < 1.29 is 4.74 Å². The summed E-state index contributed by atoms with van der Waals surface area (Å²) in [6.07, 6.45) is 0. The van der Waals surface area contributed by atoms with E-state index in [1.54, 1.807) is 0 Å². The zero-order valence-electron chi connectivity index (χ0n) is 13.4. The molecule has 2 nitrogen and oxygen atoms in total. The average Bonchev–Trinajstić information content (AvgIpc) is 2.45. The number of hydrogen-bond donors (Lipinski definition) is 1. The van der Waals surface area contributed by atoms with Crippen molar-refractivity contribution in [3.8, 4) is 5.75 Å². The Morgan fingerprint density at radius 2 is 1.71 bits per heavy atom. The molecule has 0 saturated heterocycles. The molecular weight excluding hydrogens is 258 g/mol. The Morgan fingerprint density at radius 1 is 1.00 bits per heavy atom. The molecule has 2 aromatic rings. The molecule has 0 aliphatic rings. The quantitative estimate of drug-likeness (QED) is 0.876. The number of rotatable bonds is 5. The maximum Gasteiger partial charge on any atom is 0.123 e. The van der Waals surface area contributed by atoms with Gasteiger partial charge in [0.1, 0.15) is 12.4 Å². The minimum Gasteiger partial charge on any atom is -0.491 e. The molecule has 112 valence electrons. The van der Waals surface area contributed by atoms with Gasteiger partial charge < -0.3 is 10.5 Å². The molecule has 2 rings (SSSR count). The van der Waals surface area contributed by atoms with Gasteiger partial charge in [-0.1, -0.05) is 50.2 Å². The summed E-state index contributed by atoms with van der Waals surface area (Å²) in [5, 5.41) is 0.